The third-order valence-electron chi connectivity index (χ3n) is 1.94. The highest BCUT2D eigenvalue weighted by Crippen LogP contribution is 2.23. The van der Waals surface area contributed by atoms with Gasteiger partial charge in [-0.2, -0.15) is 0 Å². The van der Waals surface area contributed by atoms with Crippen molar-refractivity contribution in [2.75, 3.05) is 0 Å². The van der Waals surface area contributed by atoms with E-state index < -0.39 is 0 Å². The average Bonchev–Trinajstić information content (AvgIpc) is 2.65. The largest absolute Gasteiger partial charge is 0.326 e. The Morgan fingerprint density at radius 1 is 1.36 bits per heavy atom. The molecule has 0 bridgehead atoms. The van der Waals surface area contributed by atoms with Gasteiger partial charge in [0.2, 0.25) is 0 Å². The minimum atomic E-state index is 0.561. The highest BCUT2D eigenvalue weighted by molar-refractivity contribution is 7.14. The van der Waals surface area contributed by atoms with Gasteiger partial charge in [0.15, 0.2) is 0 Å². The first-order valence-electron chi connectivity index (χ1n) is 4.39. The molecule has 14 heavy (non-hydrogen) atoms. The van der Waals surface area contributed by atoms with E-state index in [0.29, 0.717) is 6.54 Å². The van der Waals surface area contributed by atoms with E-state index in [4.69, 9.17) is 5.73 Å². The van der Waals surface area contributed by atoms with Gasteiger partial charge in [-0.15, -0.1) is 10.2 Å². The Bertz CT molecular complexity index is 436. The molecule has 3 nitrogen and oxygen atoms in total. The molecule has 1 aromatic carbocycles. The molecule has 0 fully saturated rings. The van der Waals surface area contributed by atoms with E-state index in [9.17, 15) is 0 Å². The van der Waals surface area contributed by atoms with Gasteiger partial charge < -0.3 is 5.73 Å². The Morgan fingerprint density at radius 2 is 2.21 bits per heavy atom. The first-order valence-corrected chi connectivity index (χ1v) is 5.21. The average molecular weight is 205 g/mol. The molecule has 2 rings (SSSR count). The Morgan fingerprint density at radius 3 is 2.86 bits per heavy atom. The van der Waals surface area contributed by atoms with Crippen LogP contribution in [0.2, 0.25) is 0 Å². The van der Waals surface area contributed by atoms with Crippen molar-refractivity contribution in [2.24, 2.45) is 5.73 Å². The Balaban J connectivity index is 2.41. The second-order valence-corrected chi connectivity index (χ2v) is 4.21. The predicted octanol–water partition coefficient (Wildman–Crippen LogP) is 1.97. The summed E-state index contributed by atoms with van der Waals surface area (Å²) in [4.78, 5) is 0. The third kappa shape index (κ3) is 1.81. The van der Waals surface area contributed by atoms with E-state index in [-0.39, 0.29) is 0 Å². The van der Waals surface area contributed by atoms with Crippen molar-refractivity contribution in [3.63, 3.8) is 0 Å². The van der Waals surface area contributed by atoms with Crippen LogP contribution in [0.4, 0.5) is 0 Å². The fourth-order valence-corrected chi connectivity index (χ4v) is 1.93. The summed E-state index contributed by atoms with van der Waals surface area (Å²) >= 11 is 1.60. The van der Waals surface area contributed by atoms with Crippen LogP contribution in [0.25, 0.3) is 10.6 Å². The number of nitrogens with zero attached hydrogens (tertiary/aromatic N) is 2. The van der Waals surface area contributed by atoms with Crippen LogP contribution >= 0.6 is 11.3 Å². The quantitative estimate of drug-likeness (QED) is 0.815. The van der Waals surface area contributed by atoms with Crippen molar-refractivity contribution in [1.29, 1.82) is 0 Å². The topological polar surface area (TPSA) is 51.8 Å². The van der Waals surface area contributed by atoms with Crippen LogP contribution in [0.15, 0.2) is 24.3 Å². The molecule has 0 radical (unpaired) electrons. The summed E-state index contributed by atoms with van der Waals surface area (Å²) in [5.74, 6) is 0. The standard InChI is InChI=1S/C10H11N3S/c1-7-12-13-10(14-7)9-4-2-3-8(5-9)6-11/h2-5H,6,11H2,1H3. The maximum Gasteiger partial charge on any atom is 0.147 e. The fraction of sp³-hybridized carbons (Fsp3) is 0.200. The molecular formula is C10H11N3S. The van der Waals surface area contributed by atoms with E-state index in [0.717, 1.165) is 21.1 Å². The summed E-state index contributed by atoms with van der Waals surface area (Å²) in [6, 6.07) is 8.09. The van der Waals surface area contributed by atoms with Crippen LogP contribution < -0.4 is 5.73 Å². The maximum absolute atomic E-state index is 5.57. The molecule has 2 aromatic rings. The van der Waals surface area contributed by atoms with E-state index >= 15 is 0 Å². The minimum Gasteiger partial charge on any atom is -0.326 e. The highest BCUT2D eigenvalue weighted by atomic mass is 32.1. The van der Waals surface area contributed by atoms with Crippen molar-refractivity contribution in [3.8, 4) is 10.6 Å². The molecule has 0 atom stereocenters. The lowest BCUT2D eigenvalue weighted by Gasteiger charge is -1.98. The Labute approximate surface area is 86.6 Å². The van der Waals surface area contributed by atoms with Gasteiger partial charge in [-0.25, -0.2) is 0 Å². The van der Waals surface area contributed by atoms with E-state index in [1.54, 1.807) is 11.3 Å². The van der Waals surface area contributed by atoms with Crippen LogP contribution in [-0.4, -0.2) is 10.2 Å². The summed E-state index contributed by atoms with van der Waals surface area (Å²) in [6.07, 6.45) is 0. The lowest BCUT2D eigenvalue weighted by atomic mass is 10.1. The summed E-state index contributed by atoms with van der Waals surface area (Å²) < 4.78 is 0. The molecule has 0 spiro atoms. The lowest BCUT2D eigenvalue weighted by Crippen LogP contribution is -1.95. The van der Waals surface area contributed by atoms with Crippen molar-refractivity contribution in [2.45, 2.75) is 13.5 Å². The summed E-state index contributed by atoms with van der Waals surface area (Å²) in [7, 11) is 0. The number of nitrogens with two attached hydrogens (primary N) is 1. The molecule has 0 aliphatic carbocycles. The number of aryl methyl sites for hydroxylation is 1. The first-order chi connectivity index (χ1) is 6.79. The van der Waals surface area contributed by atoms with Gasteiger partial charge in [0.05, 0.1) is 0 Å². The SMILES string of the molecule is Cc1nnc(-c2cccc(CN)c2)s1. The van der Waals surface area contributed by atoms with Crippen molar-refractivity contribution < 1.29 is 0 Å². The molecular weight excluding hydrogens is 194 g/mol. The molecule has 0 saturated carbocycles. The van der Waals surface area contributed by atoms with Crippen LogP contribution in [0, 0.1) is 6.92 Å². The van der Waals surface area contributed by atoms with Crippen LogP contribution in [0.5, 0.6) is 0 Å². The zero-order valence-corrected chi connectivity index (χ0v) is 8.71. The van der Waals surface area contributed by atoms with Gasteiger partial charge in [-0.05, 0) is 18.6 Å². The predicted molar refractivity (Wildman–Crippen MR) is 58.0 cm³/mol. The lowest BCUT2D eigenvalue weighted by molar-refractivity contribution is 1.05. The van der Waals surface area contributed by atoms with Gasteiger partial charge in [0.25, 0.3) is 0 Å². The van der Waals surface area contributed by atoms with Crippen LogP contribution in [-0.2, 0) is 6.54 Å². The summed E-state index contributed by atoms with van der Waals surface area (Å²) in [6.45, 7) is 2.51. The molecule has 0 aliphatic rings. The normalized spacial score (nSPS) is 10.4. The molecule has 1 heterocycles. The zero-order valence-electron chi connectivity index (χ0n) is 7.90. The number of hydrogen-bond donors (Lipinski definition) is 1. The van der Waals surface area contributed by atoms with Gasteiger partial charge >= 0.3 is 0 Å². The van der Waals surface area contributed by atoms with E-state index in [1.165, 1.54) is 0 Å². The van der Waals surface area contributed by atoms with Crippen molar-refractivity contribution >= 4 is 11.3 Å². The molecule has 72 valence electrons. The molecule has 4 heteroatoms. The van der Waals surface area contributed by atoms with E-state index in [2.05, 4.69) is 16.3 Å². The highest BCUT2D eigenvalue weighted by Gasteiger charge is 2.03. The smallest absolute Gasteiger partial charge is 0.147 e. The Hall–Kier alpha value is -1.26. The summed E-state index contributed by atoms with van der Waals surface area (Å²) in [5.41, 5.74) is 7.79. The van der Waals surface area contributed by atoms with Crippen molar-refractivity contribution in [3.05, 3.63) is 34.8 Å². The van der Waals surface area contributed by atoms with Crippen LogP contribution in [0.3, 0.4) is 0 Å². The van der Waals surface area contributed by atoms with Gasteiger partial charge in [-0.3, -0.25) is 0 Å². The fourth-order valence-electron chi connectivity index (χ4n) is 1.24. The first kappa shape index (κ1) is 9.30. The second-order valence-electron chi connectivity index (χ2n) is 3.03. The number of aromatic nitrogens is 2. The van der Waals surface area contributed by atoms with Gasteiger partial charge in [0.1, 0.15) is 10.0 Å². The second kappa shape index (κ2) is 3.86. The van der Waals surface area contributed by atoms with Gasteiger partial charge in [0, 0.05) is 12.1 Å². The maximum atomic E-state index is 5.57. The Kier molecular flexibility index (Phi) is 2.56. The molecule has 0 amide bonds. The third-order valence-corrected chi connectivity index (χ3v) is 2.82. The monoisotopic (exact) mass is 205 g/mol. The van der Waals surface area contributed by atoms with E-state index in [1.807, 2.05) is 25.1 Å². The van der Waals surface area contributed by atoms with Gasteiger partial charge in [-0.1, -0.05) is 29.5 Å². The molecule has 0 aliphatic heterocycles. The molecule has 0 unspecified atom stereocenters. The van der Waals surface area contributed by atoms with Crippen molar-refractivity contribution in [1.82, 2.24) is 10.2 Å². The molecule has 1 aromatic heterocycles. The molecule has 2 N–H and O–H groups in total. The summed E-state index contributed by atoms with van der Waals surface area (Å²) in [5, 5.41) is 10.0. The number of rotatable bonds is 2. The zero-order chi connectivity index (χ0) is 9.97. The minimum absolute atomic E-state index is 0.561. The van der Waals surface area contributed by atoms with Crippen LogP contribution in [0.1, 0.15) is 10.6 Å². The number of benzene rings is 1. The molecule has 0 saturated heterocycles. The number of hydrogen-bond acceptors (Lipinski definition) is 4.